The van der Waals surface area contributed by atoms with Gasteiger partial charge in [-0.05, 0) is 18.3 Å². The van der Waals surface area contributed by atoms with E-state index in [2.05, 4.69) is 13.8 Å². The molecule has 120 valence electrons. The van der Waals surface area contributed by atoms with Crippen molar-refractivity contribution in [1.82, 2.24) is 0 Å². The quantitative estimate of drug-likeness (QED) is 0.576. The molecule has 0 aromatic carbocycles. The minimum Gasteiger partial charge on any atom is -0.461 e. The van der Waals surface area contributed by atoms with Crippen molar-refractivity contribution in [2.45, 2.75) is 52.6 Å². The van der Waals surface area contributed by atoms with Gasteiger partial charge in [0.05, 0.1) is 6.61 Å². The van der Waals surface area contributed by atoms with Crippen molar-refractivity contribution >= 4 is 11.9 Å². The number of aliphatic hydroxyl groups excluding tert-OH is 1. The number of carbonyl (C=O) groups is 2. The van der Waals surface area contributed by atoms with E-state index in [4.69, 9.17) is 9.47 Å². The van der Waals surface area contributed by atoms with Gasteiger partial charge >= 0.3 is 11.9 Å². The molecule has 1 unspecified atom stereocenters. The number of esters is 2. The first-order valence-electron chi connectivity index (χ1n) is 7.47. The van der Waals surface area contributed by atoms with Gasteiger partial charge in [0.2, 0.25) is 0 Å². The van der Waals surface area contributed by atoms with Gasteiger partial charge in [0.1, 0.15) is 6.61 Å². The SMILES string of the molecule is CC(C)C/C=C1/CC(CO)(COC(=O)CC(C)C)OC1=O. The molecule has 0 amide bonds. The molecular weight excluding hydrogens is 272 g/mol. The summed E-state index contributed by atoms with van der Waals surface area (Å²) in [7, 11) is 0. The van der Waals surface area contributed by atoms with Crippen LogP contribution in [0.2, 0.25) is 0 Å². The van der Waals surface area contributed by atoms with Crippen LogP contribution in [0.25, 0.3) is 0 Å². The van der Waals surface area contributed by atoms with Gasteiger partial charge in [-0.1, -0.05) is 33.8 Å². The Kier molecular flexibility index (Phi) is 6.40. The van der Waals surface area contributed by atoms with E-state index in [1.807, 2.05) is 19.9 Å². The molecule has 1 aliphatic rings. The van der Waals surface area contributed by atoms with Crippen LogP contribution in [0.5, 0.6) is 0 Å². The number of allylic oxidation sites excluding steroid dienone is 1. The molecule has 1 saturated heterocycles. The van der Waals surface area contributed by atoms with E-state index < -0.39 is 11.6 Å². The fourth-order valence-corrected chi connectivity index (χ4v) is 2.07. The normalized spacial score (nSPS) is 24.0. The van der Waals surface area contributed by atoms with Crippen LogP contribution in [0, 0.1) is 11.8 Å². The van der Waals surface area contributed by atoms with E-state index in [1.54, 1.807) is 0 Å². The third-order valence-electron chi connectivity index (χ3n) is 3.28. The highest BCUT2D eigenvalue weighted by molar-refractivity contribution is 5.91. The topological polar surface area (TPSA) is 72.8 Å². The van der Waals surface area contributed by atoms with Gasteiger partial charge in [-0.15, -0.1) is 0 Å². The Morgan fingerprint density at radius 2 is 2.05 bits per heavy atom. The Balaban J connectivity index is 2.64. The van der Waals surface area contributed by atoms with E-state index in [0.717, 1.165) is 6.42 Å². The highest BCUT2D eigenvalue weighted by Crippen LogP contribution is 2.31. The predicted molar refractivity (Wildman–Crippen MR) is 78.5 cm³/mol. The summed E-state index contributed by atoms with van der Waals surface area (Å²) in [4.78, 5) is 23.4. The molecule has 0 radical (unpaired) electrons. The summed E-state index contributed by atoms with van der Waals surface area (Å²) in [6.45, 7) is 7.51. The van der Waals surface area contributed by atoms with Gasteiger partial charge in [-0.2, -0.15) is 0 Å². The second-order valence-corrected chi connectivity index (χ2v) is 6.52. The zero-order valence-corrected chi connectivity index (χ0v) is 13.3. The lowest BCUT2D eigenvalue weighted by Gasteiger charge is -2.24. The third-order valence-corrected chi connectivity index (χ3v) is 3.28. The van der Waals surface area contributed by atoms with Crippen molar-refractivity contribution in [3.05, 3.63) is 11.6 Å². The first-order chi connectivity index (χ1) is 9.78. The van der Waals surface area contributed by atoms with E-state index in [0.29, 0.717) is 17.9 Å². The van der Waals surface area contributed by atoms with Crippen LogP contribution in [0.15, 0.2) is 11.6 Å². The van der Waals surface area contributed by atoms with Crippen molar-refractivity contribution in [3.63, 3.8) is 0 Å². The maximum Gasteiger partial charge on any atom is 0.334 e. The van der Waals surface area contributed by atoms with Crippen molar-refractivity contribution < 1.29 is 24.2 Å². The molecule has 1 atom stereocenters. The number of cyclic esters (lactones) is 1. The van der Waals surface area contributed by atoms with E-state index in [9.17, 15) is 14.7 Å². The lowest BCUT2D eigenvalue weighted by molar-refractivity contribution is -0.166. The molecule has 21 heavy (non-hydrogen) atoms. The molecule has 1 N–H and O–H groups in total. The van der Waals surface area contributed by atoms with Gasteiger partial charge in [0.15, 0.2) is 5.60 Å². The maximum absolute atomic E-state index is 11.8. The molecule has 5 heteroatoms. The van der Waals surface area contributed by atoms with Crippen LogP contribution < -0.4 is 0 Å². The minimum absolute atomic E-state index is 0.0974. The van der Waals surface area contributed by atoms with Gasteiger partial charge in [0, 0.05) is 18.4 Å². The summed E-state index contributed by atoms with van der Waals surface area (Å²) in [6.07, 6.45) is 3.22. The Morgan fingerprint density at radius 1 is 1.38 bits per heavy atom. The molecule has 1 aliphatic heterocycles. The summed E-state index contributed by atoms with van der Waals surface area (Å²) < 4.78 is 10.4. The molecule has 1 fully saturated rings. The highest BCUT2D eigenvalue weighted by atomic mass is 16.6. The molecule has 0 bridgehead atoms. The lowest BCUT2D eigenvalue weighted by Crippen LogP contribution is -2.39. The largest absolute Gasteiger partial charge is 0.461 e. The van der Waals surface area contributed by atoms with Gasteiger partial charge < -0.3 is 14.6 Å². The molecule has 1 rings (SSSR count). The van der Waals surface area contributed by atoms with E-state index >= 15 is 0 Å². The molecule has 0 aliphatic carbocycles. The first-order valence-corrected chi connectivity index (χ1v) is 7.47. The van der Waals surface area contributed by atoms with Gasteiger partial charge in [-0.3, -0.25) is 4.79 Å². The monoisotopic (exact) mass is 298 g/mol. The fourth-order valence-electron chi connectivity index (χ4n) is 2.07. The Morgan fingerprint density at radius 3 is 2.57 bits per heavy atom. The predicted octanol–water partition coefficient (Wildman–Crippen LogP) is 2.23. The summed E-state index contributed by atoms with van der Waals surface area (Å²) >= 11 is 0. The molecule has 0 aromatic rings. The molecule has 5 nitrogen and oxygen atoms in total. The average molecular weight is 298 g/mol. The average Bonchev–Trinajstić information content (AvgIpc) is 2.71. The maximum atomic E-state index is 11.8. The number of ether oxygens (including phenoxy) is 2. The van der Waals surface area contributed by atoms with E-state index in [1.165, 1.54) is 0 Å². The number of rotatable bonds is 7. The summed E-state index contributed by atoms with van der Waals surface area (Å²) in [5.41, 5.74) is -0.565. The number of hydrogen-bond acceptors (Lipinski definition) is 5. The molecule has 0 spiro atoms. The van der Waals surface area contributed by atoms with Crippen molar-refractivity contribution in [1.29, 1.82) is 0 Å². The van der Waals surface area contributed by atoms with Crippen LogP contribution in [-0.2, 0) is 19.1 Å². The second-order valence-electron chi connectivity index (χ2n) is 6.52. The van der Waals surface area contributed by atoms with Crippen LogP contribution >= 0.6 is 0 Å². The number of aliphatic hydroxyl groups is 1. The number of carbonyl (C=O) groups excluding carboxylic acids is 2. The second kappa shape index (κ2) is 7.59. The summed E-state index contributed by atoms with van der Waals surface area (Å²) in [6, 6.07) is 0. The van der Waals surface area contributed by atoms with Crippen molar-refractivity contribution in [2.75, 3.05) is 13.2 Å². The number of hydrogen-bond donors (Lipinski definition) is 1. The zero-order chi connectivity index (χ0) is 16.0. The summed E-state index contributed by atoms with van der Waals surface area (Å²) in [5, 5.41) is 9.53. The molecule has 1 heterocycles. The van der Waals surface area contributed by atoms with Gasteiger partial charge in [-0.25, -0.2) is 4.79 Å². The van der Waals surface area contributed by atoms with Crippen LogP contribution in [0.1, 0.15) is 47.0 Å². The Labute approximate surface area is 126 Å². The van der Waals surface area contributed by atoms with Crippen molar-refractivity contribution in [2.24, 2.45) is 11.8 Å². The lowest BCUT2D eigenvalue weighted by atomic mass is 9.97. The zero-order valence-electron chi connectivity index (χ0n) is 13.3. The Bertz CT molecular complexity index is 411. The first kappa shape index (κ1) is 17.7. The smallest absolute Gasteiger partial charge is 0.334 e. The third kappa shape index (κ3) is 5.50. The van der Waals surface area contributed by atoms with Crippen molar-refractivity contribution in [3.8, 4) is 0 Å². The fraction of sp³-hybridized carbons (Fsp3) is 0.750. The minimum atomic E-state index is -1.12. The van der Waals surface area contributed by atoms with E-state index in [-0.39, 0.29) is 31.5 Å². The summed E-state index contributed by atoms with van der Waals surface area (Å²) in [5.74, 6) is -0.119. The van der Waals surface area contributed by atoms with Gasteiger partial charge in [0.25, 0.3) is 0 Å². The van der Waals surface area contributed by atoms with Crippen LogP contribution in [0.3, 0.4) is 0 Å². The standard InChI is InChI=1S/C16H26O5/c1-11(2)5-6-13-8-16(9-17,21-15(13)19)10-20-14(18)7-12(3)4/h6,11-12,17H,5,7-10H2,1-4H3/b13-6-. The molecule has 0 aromatic heterocycles. The van der Waals surface area contributed by atoms with Crippen LogP contribution in [0.4, 0.5) is 0 Å². The molecule has 0 saturated carbocycles. The van der Waals surface area contributed by atoms with Crippen LogP contribution in [-0.4, -0.2) is 35.9 Å². The molecular formula is C16H26O5. The highest BCUT2D eigenvalue weighted by Gasteiger charge is 2.44. The Hall–Kier alpha value is -1.36.